The van der Waals surface area contributed by atoms with Gasteiger partial charge in [-0.05, 0) is 24.1 Å². The number of hydrogen-bond donors (Lipinski definition) is 4. The van der Waals surface area contributed by atoms with Crippen LogP contribution in [0.4, 0.5) is 0 Å². The molecule has 0 amide bonds. The summed E-state index contributed by atoms with van der Waals surface area (Å²) in [4.78, 5) is 39.0. The van der Waals surface area contributed by atoms with Crippen LogP contribution < -0.4 is 11.2 Å². The van der Waals surface area contributed by atoms with Crippen molar-refractivity contribution in [3.05, 3.63) is 92.3 Å². The second-order valence-corrected chi connectivity index (χ2v) is 7.66. The third-order valence-electron chi connectivity index (χ3n) is 5.84. The molecule has 0 radical (unpaired) electrons. The molecule has 0 unspecified atom stereocenters. The summed E-state index contributed by atoms with van der Waals surface area (Å²) in [6, 6.07) is 7.74. The molecule has 31 heavy (non-hydrogen) atoms. The first-order valence-corrected chi connectivity index (χ1v) is 9.75. The Bertz CT molecular complexity index is 1210. The highest BCUT2D eigenvalue weighted by atomic mass is 16.6. The van der Waals surface area contributed by atoms with Gasteiger partial charge in [-0.3, -0.25) is 19.1 Å². The fourth-order valence-electron chi connectivity index (χ4n) is 4.45. The predicted molar refractivity (Wildman–Crippen MR) is 109 cm³/mol. The quantitative estimate of drug-likeness (QED) is 0.521. The standard InChI is InChI=1S/C22H22N2O7/c1-13-5-2-3-8-16(13)21(30)19(28)17(12-25)31-22(21,14-6-4-7-15(26)11-14)24-10-9-18(27)23-20(24)29/h2-6,8-11,17,19,25,28,30H,7,12H2,1H3,(H,23,27,29)/t17-,19-,21-,22-/m1/s1. The number of ketones is 1. The molecule has 9 nitrogen and oxygen atoms in total. The Labute approximate surface area is 176 Å². The maximum Gasteiger partial charge on any atom is 0.331 e. The largest absolute Gasteiger partial charge is 0.394 e. The third kappa shape index (κ3) is 2.97. The zero-order valence-electron chi connectivity index (χ0n) is 16.7. The van der Waals surface area contributed by atoms with Gasteiger partial charge in [-0.2, -0.15) is 0 Å². The number of nitrogens with one attached hydrogen (secondary N) is 1. The van der Waals surface area contributed by atoms with E-state index in [1.807, 2.05) is 0 Å². The zero-order valence-corrected chi connectivity index (χ0v) is 16.7. The first-order valence-electron chi connectivity index (χ1n) is 9.75. The van der Waals surface area contributed by atoms with Crippen molar-refractivity contribution in [3.8, 4) is 0 Å². The molecule has 1 aliphatic carbocycles. The molecule has 1 aliphatic heterocycles. The molecule has 1 aromatic heterocycles. The van der Waals surface area contributed by atoms with Gasteiger partial charge in [0.05, 0.1) is 6.61 Å². The van der Waals surface area contributed by atoms with Gasteiger partial charge in [0.15, 0.2) is 11.4 Å². The molecular formula is C22H22N2O7. The molecule has 1 aromatic carbocycles. The number of hydrogen-bond acceptors (Lipinski definition) is 7. The van der Waals surface area contributed by atoms with Crippen LogP contribution in [0.2, 0.25) is 0 Å². The number of aromatic amines is 1. The number of carbonyl (C=O) groups is 1. The van der Waals surface area contributed by atoms with Gasteiger partial charge in [0.25, 0.3) is 5.56 Å². The molecule has 1 fully saturated rings. The second kappa shape index (κ2) is 7.54. The summed E-state index contributed by atoms with van der Waals surface area (Å²) in [6.07, 6.45) is 2.58. The van der Waals surface area contributed by atoms with Gasteiger partial charge in [-0.15, -0.1) is 0 Å². The molecule has 2 aromatic rings. The Kier molecular flexibility index (Phi) is 5.14. The van der Waals surface area contributed by atoms with E-state index in [1.165, 1.54) is 12.2 Å². The third-order valence-corrected chi connectivity index (χ3v) is 5.84. The highest BCUT2D eigenvalue weighted by Gasteiger charge is 2.69. The number of aliphatic hydroxyl groups excluding tert-OH is 2. The van der Waals surface area contributed by atoms with Crippen LogP contribution in [-0.2, 0) is 20.9 Å². The van der Waals surface area contributed by atoms with Gasteiger partial charge in [-0.1, -0.05) is 36.4 Å². The van der Waals surface area contributed by atoms with Crippen LogP contribution in [0.1, 0.15) is 17.5 Å². The first-order chi connectivity index (χ1) is 14.8. The van der Waals surface area contributed by atoms with Crippen molar-refractivity contribution in [1.82, 2.24) is 9.55 Å². The summed E-state index contributed by atoms with van der Waals surface area (Å²) in [7, 11) is 0. The number of ether oxygens (including phenoxy) is 1. The van der Waals surface area contributed by atoms with Gasteiger partial charge in [0.1, 0.15) is 12.2 Å². The van der Waals surface area contributed by atoms with Crippen molar-refractivity contribution in [3.63, 3.8) is 0 Å². The van der Waals surface area contributed by atoms with Crippen molar-refractivity contribution in [2.45, 2.75) is 36.9 Å². The van der Waals surface area contributed by atoms with Crippen molar-refractivity contribution in [1.29, 1.82) is 0 Å². The first kappa shape index (κ1) is 21.1. The molecule has 162 valence electrons. The lowest BCUT2D eigenvalue weighted by Crippen LogP contribution is -2.59. The average Bonchev–Trinajstić information content (AvgIpc) is 2.97. The monoisotopic (exact) mass is 426 g/mol. The summed E-state index contributed by atoms with van der Waals surface area (Å²) in [5.74, 6) is -0.299. The normalized spacial score (nSPS) is 30.5. The van der Waals surface area contributed by atoms with Crippen molar-refractivity contribution in [2.75, 3.05) is 6.61 Å². The van der Waals surface area contributed by atoms with Crippen LogP contribution in [0.3, 0.4) is 0 Å². The smallest absolute Gasteiger partial charge is 0.331 e. The molecule has 0 bridgehead atoms. The van der Waals surface area contributed by atoms with Crippen LogP contribution in [-0.4, -0.2) is 49.5 Å². The van der Waals surface area contributed by atoms with E-state index in [4.69, 9.17) is 4.74 Å². The summed E-state index contributed by atoms with van der Waals surface area (Å²) >= 11 is 0. The van der Waals surface area contributed by atoms with E-state index < -0.39 is 41.4 Å². The van der Waals surface area contributed by atoms with Crippen molar-refractivity contribution in [2.24, 2.45) is 0 Å². The highest BCUT2D eigenvalue weighted by Crippen LogP contribution is 2.54. The summed E-state index contributed by atoms with van der Waals surface area (Å²) < 4.78 is 6.99. The van der Waals surface area contributed by atoms with Gasteiger partial charge >= 0.3 is 5.69 Å². The van der Waals surface area contributed by atoms with Crippen LogP contribution in [0.25, 0.3) is 0 Å². The van der Waals surface area contributed by atoms with Gasteiger partial charge in [-0.25, -0.2) is 4.79 Å². The Morgan fingerprint density at radius 3 is 2.61 bits per heavy atom. The second-order valence-electron chi connectivity index (χ2n) is 7.66. The van der Waals surface area contributed by atoms with E-state index in [1.54, 1.807) is 37.3 Å². The predicted octanol–water partition coefficient (Wildman–Crippen LogP) is -0.407. The lowest BCUT2D eigenvalue weighted by atomic mass is 9.73. The summed E-state index contributed by atoms with van der Waals surface area (Å²) in [5.41, 5.74) is -5.13. The molecule has 4 atom stereocenters. The number of rotatable bonds is 4. The molecule has 2 aliphatic rings. The SMILES string of the molecule is Cc1ccccc1[C@@]1(O)[C@H](O)[C@@H](CO)O[C@@]1(C1=CC(=O)CC=C1)n1ccc(=O)[nH]c1=O. The van der Waals surface area contributed by atoms with Crippen molar-refractivity contribution >= 4 is 5.78 Å². The molecule has 0 saturated carbocycles. The van der Waals surface area contributed by atoms with E-state index in [9.17, 15) is 29.7 Å². The molecule has 4 rings (SSSR count). The molecule has 0 spiro atoms. The van der Waals surface area contributed by atoms with Gasteiger partial charge in [0.2, 0.25) is 5.72 Å². The highest BCUT2D eigenvalue weighted by molar-refractivity contribution is 5.93. The minimum absolute atomic E-state index is 0.0960. The lowest BCUT2D eigenvalue weighted by molar-refractivity contribution is -0.178. The van der Waals surface area contributed by atoms with E-state index >= 15 is 0 Å². The number of aliphatic hydroxyl groups is 3. The fraction of sp³-hybridized carbons (Fsp3) is 0.318. The minimum atomic E-state index is -2.30. The Hall–Kier alpha value is -3.11. The fourth-order valence-corrected chi connectivity index (χ4v) is 4.45. The number of carbonyl (C=O) groups excluding carboxylic acids is 1. The Balaban J connectivity index is 2.15. The summed E-state index contributed by atoms with van der Waals surface area (Å²) in [5, 5.41) is 33.2. The molecule has 9 heteroatoms. The van der Waals surface area contributed by atoms with E-state index in [2.05, 4.69) is 4.98 Å². The van der Waals surface area contributed by atoms with Crippen LogP contribution >= 0.6 is 0 Å². The maximum atomic E-state index is 12.9. The number of benzene rings is 1. The lowest BCUT2D eigenvalue weighted by Gasteiger charge is -2.44. The minimum Gasteiger partial charge on any atom is -0.394 e. The molecule has 4 N–H and O–H groups in total. The van der Waals surface area contributed by atoms with E-state index in [-0.39, 0.29) is 23.3 Å². The zero-order chi connectivity index (χ0) is 22.4. The van der Waals surface area contributed by atoms with Crippen LogP contribution in [0.15, 0.2) is 69.9 Å². The van der Waals surface area contributed by atoms with Crippen LogP contribution in [0.5, 0.6) is 0 Å². The van der Waals surface area contributed by atoms with Crippen LogP contribution in [0, 0.1) is 6.92 Å². The van der Waals surface area contributed by atoms with Gasteiger partial charge in [0, 0.05) is 24.3 Å². The average molecular weight is 426 g/mol. The molecule has 1 saturated heterocycles. The topological polar surface area (TPSA) is 142 Å². The van der Waals surface area contributed by atoms with Gasteiger partial charge < -0.3 is 20.1 Å². The number of allylic oxidation sites excluding steroid dienone is 2. The van der Waals surface area contributed by atoms with E-state index in [0.717, 1.165) is 16.8 Å². The maximum absolute atomic E-state index is 12.9. The number of aromatic nitrogens is 2. The van der Waals surface area contributed by atoms with Crippen molar-refractivity contribution < 1.29 is 24.9 Å². The number of H-pyrrole nitrogens is 1. The van der Waals surface area contributed by atoms with E-state index in [0.29, 0.717) is 5.56 Å². The Morgan fingerprint density at radius 2 is 1.97 bits per heavy atom. The molecular weight excluding hydrogens is 404 g/mol. The number of nitrogens with zero attached hydrogens (tertiary/aromatic N) is 1. The molecule has 2 heterocycles. The number of aryl methyl sites for hydroxylation is 1. The Morgan fingerprint density at radius 1 is 1.23 bits per heavy atom. The summed E-state index contributed by atoms with van der Waals surface area (Å²) in [6.45, 7) is 1.04.